The van der Waals surface area contributed by atoms with Gasteiger partial charge in [0, 0.05) is 30.5 Å². The van der Waals surface area contributed by atoms with Gasteiger partial charge >= 0.3 is 5.97 Å². The molecule has 1 unspecified atom stereocenters. The van der Waals surface area contributed by atoms with Gasteiger partial charge in [0.1, 0.15) is 17.6 Å². The molecule has 5 heteroatoms. The Morgan fingerprint density at radius 1 is 1.52 bits per heavy atom. The summed E-state index contributed by atoms with van der Waals surface area (Å²) in [5, 5.41) is 11.9. The van der Waals surface area contributed by atoms with E-state index in [0.717, 1.165) is 23.5 Å². The highest BCUT2D eigenvalue weighted by Crippen LogP contribution is 2.35. The third-order valence-electron chi connectivity index (χ3n) is 3.44. The van der Waals surface area contributed by atoms with Gasteiger partial charge in [0.2, 0.25) is 0 Å². The number of benzene rings is 1. The number of hydrogen-bond acceptors (Lipinski definition) is 4. The highest BCUT2D eigenvalue weighted by Gasteiger charge is 2.21. The van der Waals surface area contributed by atoms with Gasteiger partial charge in [0.15, 0.2) is 0 Å². The zero-order valence-corrected chi connectivity index (χ0v) is 12.6. The van der Waals surface area contributed by atoms with Crippen LogP contribution in [-0.2, 0) is 17.8 Å². The Labute approximate surface area is 125 Å². The zero-order chi connectivity index (χ0) is 15.2. The molecule has 1 aromatic rings. The maximum Gasteiger partial charge on any atom is 0.303 e. The molecule has 1 aliphatic heterocycles. The summed E-state index contributed by atoms with van der Waals surface area (Å²) in [6, 6.07) is 4.10. The Bertz CT molecular complexity index is 501. The van der Waals surface area contributed by atoms with Gasteiger partial charge in [-0.05, 0) is 38.9 Å². The van der Waals surface area contributed by atoms with Crippen molar-refractivity contribution in [3.63, 3.8) is 0 Å². The van der Waals surface area contributed by atoms with E-state index in [9.17, 15) is 4.79 Å². The summed E-state index contributed by atoms with van der Waals surface area (Å²) in [4.78, 5) is 10.5. The second-order valence-electron chi connectivity index (χ2n) is 5.31. The molecule has 2 rings (SSSR count). The standard InChI is InChI=1S/C16H23NO4/c1-3-20-14-8-12-7-11(2)21-15(12)9-13(14)10-17-6-4-5-16(18)19/h8-9,11,17H,3-7,10H2,1-2H3,(H,18,19). The van der Waals surface area contributed by atoms with Crippen molar-refractivity contribution in [2.45, 2.75) is 45.8 Å². The van der Waals surface area contributed by atoms with E-state index in [4.69, 9.17) is 14.6 Å². The van der Waals surface area contributed by atoms with E-state index in [1.807, 2.05) is 13.0 Å². The van der Waals surface area contributed by atoms with Crippen molar-refractivity contribution in [1.29, 1.82) is 0 Å². The lowest BCUT2D eigenvalue weighted by molar-refractivity contribution is -0.137. The predicted octanol–water partition coefficient (Wildman–Crippen LogP) is 2.36. The molecule has 116 valence electrons. The average molecular weight is 293 g/mol. The van der Waals surface area contributed by atoms with Gasteiger partial charge < -0.3 is 19.9 Å². The quantitative estimate of drug-likeness (QED) is 0.720. The first-order valence-corrected chi connectivity index (χ1v) is 7.48. The summed E-state index contributed by atoms with van der Waals surface area (Å²) in [6.07, 6.45) is 1.95. The number of nitrogens with one attached hydrogen (secondary N) is 1. The topological polar surface area (TPSA) is 67.8 Å². The minimum atomic E-state index is -0.758. The summed E-state index contributed by atoms with van der Waals surface area (Å²) in [5.41, 5.74) is 2.25. The molecule has 2 N–H and O–H groups in total. The lowest BCUT2D eigenvalue weighted by Crippen LogP contribution is -2.16. The van der Waals surface area contributed by atoms with Gasteiger partial charge in [-0.25, -0.2) is 0 Å². The normalized spacial score (nSPS) is 16.4. The molecular formula is C16H23NO4. The van der Waals surface area contributed by atoms with Crippen LogP contribution in [-0.4, -0.2) is 30.3 Å². The molecule has 0 fully saturated rings. The fourth-order valence-corrected chi connectivity index (χ4v) is 2.50. The van der Waals surface area contributed by atoms with Crippen molar-refractivity contribution >= 4 is 5.97 Å². The molecule has 0 aliphatic carbocycles. The van der Waals surface area contributed by atoms with Crippen LogP contribution in [0.2, 0.25) is 0 Å². The van der Waals surface area contributed by atoms with Crippen LogP contribution in [0.25, 0.3) is 0 Å². The van der Waals surface area contributed by atoms with Crippen molar-refractivity contribution in [3.8, 4) is 11.5 Å². The van der Waals surface area contributed by atoms with E-state index in [1.165, 1.54) is 5.56 Å². The summed E-state index contributed by atoms with van der Waals surface area (Å²) < 4.78 is 11.5. The minimum absolute atomic E-state index is 0.191. The lowest BCUT2D eigenvalue weighted by Gasteiger charge is -2.13. The van der Waals surface area contributed by atoms with E-state index in [1.54, 1.807) is 0 Å². The van der Waals surface area contributed by atoms with Crippen LogP contribution in [0.1, 0.15) is 37.8 Å². The van der Waals surface area contributed by atoms with Crippen LogP contribution in [0.5, 0.6) is 11.5 Å². The van der Waals surface area contributed by atoms with Crippen LogP contribution >= 0.6 is 0 Å². The first-order chi connectivity index (χ1) is 10.1. The Balaban J connectivity index is 1.97. The van der Waals surface area contributed by atoms with Crippen molar-refractivity contribution in [1.82, 2.24) is 5.32 Å². The van der Waals surface area contributed by atoms with Crippen molar-refractivity contribution in [3.05, 3.63) is 23.3 Å². The summed E-state index contributed by atoms with van der Waals surface area (Å²) in [6.45, 7) is 5.98. The molecule has 0 spiro atoms. The molecule has 1 heterocycles. The maximum absolute atomic E-state index is 10.5. The third kappa shape index (κ3) is 4.36. The number of hydrogen-bond donors (Lipinski definition) is 2. The van der Waals surface area contributed by atoms with Gasteiger partial charge in [-0.3, -0.25) is 4.79 Å². The maximum atomic E-state index is 10.5. The van der Waals surface area contributed by atoms with Crippen molar-refractivity contribution in [2.75, 3.05) is 13.2 Å². The Morgan fingerprint density at radius 2 is 2.33 bits per heavy atom. The van der Waals surface area contributed by atoms with E-state index in [2.05, 4.69) is 18.3 Å². The monoisotopic (exact) mass is 293 g/mol. The second-order valence-corrected chi connectivity index (χ2v) is 5.31. The molecule has 1 atom stereocenters. The van der Waals surface area contributed by atoms with Gasteiger partial charge in [-0.15, -0.1) is 0 Å². The third-order valence-corrected chi connectivity index (χ3v) is 3.44. The van der Waals surface area contributed by atoms with E-state index < -0.39 is 5.97 Å². The first-order valence-electron chi connectivity index (χ1n) is 7.48. The van der Waals surface area contributed by atoms with Crippen molar-refractivity contribution in [2.24, 2.45) is 0 Å². The van der Waals surface area contributed by atoms with Crippen LogP contribution in [0.3, 0.4) is 0 Å². The highest BCUT2D eigenvalue weighted by molar-refractivity contribution is 5.66. The second kappa shape index (κ2) is 7.31. The molecule has 1 aromatic carbocycles. The Hall–Kier alpha value is -1.75. The van der Waals surface area contributed by atoms with Crippen LogP contribution < -0.4 is 14.8 Å². The number of aliphatic carboxylic acids is 1. The van der Waals surface area contributed by atoms with Crippen LogP contribution in [0.4, 0.5) is 0 Å². The van der Waals surface area contributed by atoms with Crippen LogP contribution in [0, 0.1) is 0 Å². The first kappa shape index (κ1) is 15.6. The number of rotatable bonds is 8. The van der Waals surface area contributed by atoms with Gasteiger partial charge in [-0.1, -0.05) is 0 Å². The molecular weight excluding hydrogens is 270 g/mol. The zero-order valence-electron chi connectivity index (χ0n) is 12.6. The van der Waals surface area contributed by atoms with Crippen molar-refractivity contribution < 1.29 is 19.4 Å². The van der Waals surface area contributed by atoms with E-state index >= 15 is 0 Å². The van der Waals surface area contributed by atoms with Crippen LogP contribution in [0.15, 0.2) is 12.1 Å². The number of carbonyl (C=O) groups is 1. The SMILES string of the molecule is CCOc1cc2c(cc1CNCCCC(=O)O)OC(C)C2. The molecule has 0 aromatic heterocycles. The summed E-state index contributed by atoms with van der Waals surface area (Å²) in [5.74, 6) is 1.07. The molecule has 0 radical (unpaired) electrons. The summed E-state index contributed by atoms with van der Waals surface area (Å²) in [7, 11) is 0. The van der Waals surface area contributed by atoms with E-state index in [-0.39, 0.29) is 12.5 Å². The van der Waals surface area contributed by atoms with Gasteiger partial charge in [0.05, 0.1) is 6.61 Å². The molecule has 21 heavy (non-hydrogen) atoms. The Kier molecular flexibility index (Phi) is 5.44. The molecule has 0 saturated carbocycles. The Morgan fingerprint density at radius 3 is 3.05 bits per heavy atom. The molecule has 0 saturated heterocycles. The number of carboxylic acids is 1. The number of fused-ring (bicyclic) bond motifs is 1. The minimum Gasteiger partial charge on any atom is -0.494 e. The average Bonchev–Trinajstić information content (AvgIpc) is 2.77. The summed E-state index contributed by atoms with van der Waals surface area (Å²) >= 11 is 0. The van der Waals surface area contributed by atoms with E-state index in [0.29, 0.717) is 26.1 Å². The smallest absolute Gasteiger partial charge is 0.303 e. The predicted molar refractivity (Wildman–Crippen MR) is 80.0 cm³/mol. The van der Waals surface area contributed by atoms with Gasteiger partial charge in [0.25, 0.3) is 0 Å². The lowest BCUT2D eigenvalue weighted by atomic mass is 10.1. The molecule has 5 nitrogen and oxygen atoms in total. The highest BCUT2D eigenvalue weighted by atomic mass is 16.5. The fourth-order valence-electron chi connectivity index (χ4n) is 2.50. The fraction of sp³-hybridized carbons (Fsp3) is 0.562. The number of carboxylic acid groups (broad SMARTS) is 1. The molecule has 0 amide bonds. The largest absolute Gasteiger partial charge is 0.494 e. The molecule has 1 aliphatic rings. The number of ether oxygens (including phenoxy) is 2. The van der Waals surface area contributed by atoms with Gasteiger partial charge in [-0.2, -0.15) is 0 Å². The molecule has 0 bridgehead atoms.